The number of carbonyl (C=O) groups is 2. The highest BCUT2D eigenvalue weighted by molar-refractivity contribution is 7.91. The van der Waals surface area contributed by atoms with Gasteiger partial charge < -0.3 is 10.2 Å². The maximum Gasteiger partial charge on any atom is 0.321 e. The molecule has 0 saturated carbocycles. The van der Waals surface area contributed by atoms with Crippen molar-refractivity contribution in [2.45, 2.75) is 30.0 Å². The molecule has 0 aliphatic carbocycles. The molecular weight excluding hydrogens is 330 g/mol. The van der Waals surface area contributed by atoms with E-state index in [-0.39, 0.29) is 10.6 Å². The van der Waals surface area contributed by atoms with Crippen LogP contribution in [0, 0.1) is 6.92 Å². The zero-order valence-electron chi connectivity index (χ0n) is 10.3. The minimum Gasteiger partial charge on any atom is -0.481 e. The van der Waals surface area contributed by atoms with Crippen molar-refractivity contribution in [1.29, 1.82) is 0 Å². The fourth-order valence-corrected chi connectivity index (χ4v) is 4.26. The van der Waals surface area contributed by atoms with Crippen LogP contribution in [-0.4, -0.2) is 36.6 Å². The number of nitrogens with one attached hydrogen (secondary N) is 1. The third kappa shape index (κ3) is 4.44. The van der Waals surface area contributed by atoms with Crippen molar-refractivity contribution in [3.05, 3.63) is 16.0 Å². The van der Waals surface area contributed by atoms with E-state index in [4.69, 9.17) is 21.8 Å². The Morgan fingerprint density at radius 2 is 2.05 bits per heavy atom. The zero-order chi connectivity index (χ0) is 15.5. The molecule has 0 unspecified atom stereocenters. The standard InChI is InChI=1S/C10H12ClNO6S2/c1-5-4-8(19-9(5)11)20(17,18)12-6(10(15)16)2-3-7(13)14/h4,6,12H,2-3H2,1H3,(H,13,14)(H,15,16)/t6-/m0/s1. The van der Waals surface area contributed by atoms with Gasteiger partial charge in [0.25, 0.3) is 10.0 Å². The number of aliphatic carboxylic acids is 2. The number of halogens is 1. The first-order valence-electron chi connectivity index (χ1n) is 5.36. The molecule has 20 heavy (non-hydrogen) atoms. The molecule has 1 heterocycles. The van der Waals surface area contributed by atoms with Gasteiger partial charge >= 0.3 is 11.9 Å². The topological polar surface area (TPSA) is 121 Å². The highest BCUT2D eigenvalue weighted by atomic mass is 35.5. The Hall–Kier alpha value is -1.16. The number of hydrogen-bond acceptors (Lipinski definition) is 5. The number of rotatable bonds is 7. The predicted molar refractivity (Wildman–Crippen MR) is 72.7 cm³/mol. The molecule has 0 aromatic carbocycles. The molecule has 0 aliphatic rings. The van der Waals surface area contributed by atoms with Gasteiger partial charge in [0.2, 0.25) is 0 Å². The van der Waals surface area contributed by atoms with E-state index in [0.29, 0.717) is 9.90 Å². The second-order valence-corrected chi connectivity index (χ2v) is 7.56. The highest BCUT2D eigenvalue weighted by Gasteiger charge is 2.27. The van der Waals surface area contributed by atoms with Gasteiger partial charge in [-0.3, -0.25) is 9.59 Å². The molecule has 0 spiro atoms. The molecular formula is C10H12ClNO6S2. The van der Waals surface area contributed by atoms with Crippen LogP contribution in [0.3, 0.4) is 0 Å². The largest absolute Gasteiger partial charge is 0.481 e. The SMILES string of the molecule is Cc1cc(S(=O)(=O)N[C@@H](CCC(=O)O)C(=O)O)sc1Cl. The molecule has 10 heteroatoms. The molecule has 3 N–H and O–H groups in total. The summed E-state index contributed by atoms with van der Waals surface area (Å²) < 4.78 is 26.1. The monoisotopic (exact) mass is 341 g/mol. The second-order valence-electron chi connectivity index (χ2n) is 3.97. The maximum atomic E-state index is 12.0. The average molecular weight is 342 g/mol. The van der Waals surface area contributed by atoms with Gasteiger partial charge in [0, 0.05) is 6.42 Å². The number of aryl methyl sites for hydroxylation is 1. The zero-order valence-corrected chi connectivity index (χ0v) is 12.7. The predicted octanol–water partition coefficient (Wildman–Crippen LogP) is 1.31. The Balaban J connectivity index is 2.91. The number of carboxylic acid groups (broad SMARTS) is 2. The van der Waals surface area contributed by atoms with Gasteiger partial charge in [-0.15, -0.1) is 11.3 Å². The number of carboxylic acids is 2. The smallest absolute Gasteiger partial charge is 0.321 e. The molecule has 1 aromatic heterocycles. The van der Waals surface area contributed by atoms with Crippen LogP contribution in [0.2, 0.25) is 4.34 Å². The highest BCUT2D eigenvalue weighted by Crippen LogP contribution is 2.30. The molecule has 0 aliphatic heterocycles. The van der Waals surface area contributed by atoms with E-state index in [2.05, 4.69) is 0 Å². The van der Waals surface area contributed by atoms with E-state index >= 15 is 0 Å². The molecule has 0 saturated heterocycles. The van der Waals surface area contributed by atoms with Crippen molar-refractivity contribution in [2.24, 2.45) is 0 Å². The normalized spacial score (nSPS) is 13.1. The van der Waals surface area contributed by atoms with Gasteiger partial charge in [0.15, 0.2) is 0 Å². The lowest BCUT2D eigenvalue weighted by Gasteiger charge is -2.12. The van der Waals surface area contributed by atoms with Crippen LogP contribution in [0.1, 0.15) is 18.4 Å². The lowest BCUT2D eigenvalue weighted by Crippen LogP contribution is -2.40. The molecule has 1 rings (SSSR count). The summed E-state index contributed by atoms with van der Waals surface area (Å²) in [4.78, 5) is 21.4. The summed E-state index contributed by atoms with van der Waals surface area (Å²) >= 11 is 6.57. The third-order valence-electron chi connectivity index (χ3n) is 2.34. The van der Waals surface area contributed by atoms with Gasteiger partial charge in [0.05, 0.1) is 4.34 Å². The first kappa shape index (κ1) is 16.9. The van der Waals surface area contributed by atoms with Gasteiger partial charge in [-0.2, -0.15) is 4.72 Å². The fraction of sp³-hybridized carbons (Fsp3) is 0.400. The lowest BCUT2D eigenvalue weighted by molar-refractivity contribution is -0.140. The first-order chi connectivity index (χ1) is 9.13. The number of sulfonamides is 1. The van der Waals surface area contributed by atoms with Crippen molar-refractivity contribution < 1.29 is 28.2 Å². The molecule has 0 fully saturated rings. The molecule has 7 nitrogen and oxygen atoms in total. The van der Waals surface area contributed by atoms with Crippen molar-refractivity contribution in [3.8, 4) is 0 Å². The van der Waals surface area contributed by atoms with Crippen LogP contribution in [0.25, 0.3) is 0 Å². The van der Waals surface area contributed by atoms with E-state index < -0.39 is 34.4 Å². The van der Waals surface area contributed by atoms with E-state index in [1.165, 1.54) is 6.07 Å². The first-order valence-corrected chi connectivity index (χ1v) is 8.04. The fourth-order valence-electron chi connectivity index (χ4n) is 1.31. The van der Waals surface area contributed by atoms with Crippen molar-refractivity contribution in [2.75, 3.05) is 0 Å². The Morgan fingerprint density at radius 3 is 2.45 bits per heavy atom. The molecule has 0 amide bonds. The van der Waals surface area contributed by atoms with Gasteiger partial charge in [-0.1, -0.05) is 11.6 Å². The summed E-state index contributed by atoms with van der Waals surface area (Å²) in [5, 5.41) is 17.4. The molecule has 112 valence electrons. The van der Waals surface area contributed by atoms with E-state index in [1.807, 2.05) is 4.72 Å². The van der Waals surface area contributed by atoms with E-state index in [0.717, 1.165) is 11.3 Å². The van der Waals surface area contributed by atoms with Crippen LogP contribution < -0.4 is 4.72 Å². The summed E-state index contributed by atoms with van der Waals surface area (Å²) in [6.07, 6.45) is -0.800. The van der Waals surface area contributed by atoms with Crippen LogP contribution in [-0.2, 0) is 19.6 Å². The minimum absolute atomic E-state index is 0.110. The van der Waals surface area contributed by atoms with Crippen molar-refractivity contribution in [1.82, 2.24) is 4.72 Å². The number of hydrogen-bond donors (Lipinski definition) is 3. The summed E-state index contributed by atoms with van der Waals surface area (Å²) in [5.74, 6) is -2.64. The van der Waals surface area contributed by atoms with Crippen molar-refractivity contribution >= 4 is 44.9 Å². The van der Waals surface area contributed by atoms with Gasteiger partial charge in [0.1, 0.15) is 10.3 Å². The van der Waals surface area contributed by atoms with Crippen LogP contribution in [0.4, 0.5) is 0 Å². The van der Waals surface area contributed by atoms with Gasteiger partial charge in [-0.25, -0.2) is 8.42 Å². The summed E-state index contributed by atoms with van der Waals surface area (Å²) in [7, 11) is -4.04. The molecule has 1 aromatic rings. The van der Waals surface area contributed by atoms with Crippen LogP contribution in [0.5, 0.6) is 0 Å². The Kier molecular flexibility index (Phi) is 5.51. The Labute approximate surface area is 124 Å². The van der Waals surface area contributed by atoms with E-state index in [9.17, 15) is 18.0 Å². The second kappa shape index (κ2) is 6.53. The summed E-state index contributed by atoms with van der Waals surface area (Å²) in [6, 6.07) is -0.178. The van der Waals surface area contributed by atoms with Crippen LogP contribution >= 0.6 is 22.9 Å². The van der Waals surface area contributed by atoms with Crippen LogP contribution in [0.15, 0.2) is 10.3 Å². The Morgan fingerprint density at radius 1 is 1.45 bits per heavy atom. The summed E-state index contributed by atoms with van der Waals surface area (Å²) in [6.45, 7) is 1.62. The molecule has 1 atom stereocenters. The van der Waals surface area contributed by atoms with E-state index in [1.54, 1.807) is 6.92 Å². The lowest BCUT2D eigenvalue weighted by atomic mass is 10.2. The molecule has 0 bridgehead atoms. The Bertz CT molecular complexity index is 604. The minimum atomic E-state index is -4.04. The maximum absolute atomic E-state index is 12.0. The van der Waals surface area contributed by atoms with Gasteiger partial charge in [-0.05, 0) is 25.0 Å². The summed E-state index contributed by atoms with van der Waals surface area (Å²) in [5.41, 5.74) is 0.564. The third-order valence-corrected chi connectivity index (χ3v) is 5.84. The molecule has 0 radical (unpaired) electrons. The number of thiophene rings is 1. The quantitative estimate of drug-likeness (QED) is 0.687. The van der Waals surface area contributed by atoms with Crippen molar-refractivity contribution in [3.63, 3.8) is 0 Å². The average Bonchev–Trinajstić information content (AvgIpc) is 2.65.